The van der Waals surface area contributed by atoms with Crippen molar-refractivity contribution in [1.29, 1.82) is 0 Å². The van der Waals surface area contributed by atoms with E-state index in [2.05, 4.69) is 30.6 Å². The molecule has 0 saturated heterocycles. The minimum Gasteiger partial charge on any atom is -0.328 e. The van der Waals surface area contributed by atoms with E-state index in [1.165, 1.54) is 10.9 Å². The Morgan fingerprint density at radius 1 is 1.29 bits per heavy atom. The number of hydrogen-bond donors (Lipinski definition) is 2. The molecule has 110 valence electrons. The molecule has 2 N–H and O–H groups in total. The summed E-state index contributed by atoms with van der Waals surface area (Å²) in [4.78, 5) is 30.8. The number of hydrogen-bond acceptors (Lipinski definition) is 6. The van der Waals surface area contributed by atoms with Gasteiger partial charge in [0.15, 0.2) is 17.0 Å². The number of H-pyrrole nitrogens is 2. The van der Waals surface area contributed by atoms with Crippen LogP contribution in [-0.4, -0.2) is 39.7 Å². The van der Waals surface area contributed by atoms with E-state index in [-0.39, 0.29) is 5.56 Å². The SMILES string of the molecule is Cn1cnc2[nH]c(=O)n(CCCCc3nn[nH]n3)c(=O)c21. The Balaban J connectivity index is 1.76. The molecule has 3 aromatic heterocycles. The van der Waals surface area contributed by atoms with Gasteiger partial charge < -0.3 is 4.57 Å². The first kappa shape index (κ1) is 13.2. The molecular formula is C11H14N8O2. The Bertz CT molecular complexity index is 857. The first-order valence-electron chi connectivity index (χ1n) is 6.53. The smallest absolute Gasteiger partial charge is 0.328 e. The Kier molecular flexibility index (Phi) is 3.34. The quantitative estimate of drug-likeness (QED) is 0.578. The average molecular weight is 290 g/mol. The van der Waals surface area contributed by atoms with E-state index in [1.54, 1.807) is 11.6 Å². The molecule has 0 amide bonds. The number of nitrogens with zero attached hydrogens (tertiary/aromatic N) is 6. The highest BCUT2D eigenvalue weighted by Gasteiger charge is 2.11. The molecule has 3 aromatic rings. The molecule has 0 fully saturated rings. The van der Waals surface area contributed by atoms with Crippen molar-refractivity contribution in [2.75, 3.05) is 0 Å². The van der Waals surface area contributed by atoms with Gasteiger partial charge in [0.1, 0.15) is 0 Å². The van der Waals surface area contributed by atoms with E-state index in [0.717, 1.165) is 6.42 Å². The molecule has 0 aliphatic carbocycles. The molecule has 0 bridgehead atoms. The fourth-order valence-corrected chi connectivity index (χ4v) is 2.21. The van der Waals surface area contributed by atoms with E-state index in [9.17, 15) is 9.59 Å². The summed E-state index contributed by atoms with van der Waals surface area (Å²) in [5.74, 6) is 0.623. The van der Waals surface area contributed by atoms with Crippen molar-refractivity contribution in [2.24, 2.45) is 7.05 Å². The monoisotopic (exact) mass is 290 g/mol. The molecule has 0 atom stereocenters. The maximum absolute atomic E-state index is 12.3. The number of unbranched alkanes of at least 4 members (excludes halogenated alkanes) is 1. The lowest BCUT2D eigenvalue weighted by molar-refractivity contribution is 0.566. The highest BCUT2D eigenvalue weighted by molar-refractivity contribution is 5.68. The van der Waals surface area contributed by atoms with Gasteiger partial charge in [-0.25, -0.2) is 9.78 Å². The van der Waals surface area contributed by atoms with Gasteiger partial charge in [0.25, 0.3) is 5.56 Å². The number of rotatable bonds is 5. The van der Waals surface area contributed by atoms with Crippen molar-refractivity contribution in [2.45, 2.75) is 25.8 Å². The number of tetrazole rings is 1. The lowest BCUT2D eigenvalue weighted by Gasteiger charge is -2.04. The topological polar surface area (TPSA) is 127 Å². The number of fused-ring (bicyclic) bond motifs is 1. The van der Waals surface area contributed by atoms with Crippen molar-refractivity contribution in [3.8, 4) is 0 Å². The summed E-state index contributed by atoms with van der Waals surface area (Å²) >= 11 is 0. The molecule has 3 rings (SSSR count). The van der Waals surface area contributed by atoms with E-state index in [1.807, 2.05) is 0 Å². The van der Waals surface area contributed by atoms with Crippen LogP contribution in [0.2, 0.25) is 0 Å². The summed E-state index contributed by atoms with van der Waals surface area (Å²) in [6.07, 6.45) is 3.58. The highest BCUT2D eigenvalue weighted by atomic mass is 16.2. The average Bonchev–Trinajstić information content (AvgIpc) is 3.08. The third kappa shape index (κ3) is 2.47. The van der Waals surface area contributed by atoms with E-state index < -0.39 is 5.69 Å². The zero-order valence-electron chi connectivity index (χ0n) is 11.4. The summed E-state index contributed by atoms with van der Waals surface area (Å²) in [5.41, 5.74) is -0.0533. The molecule has 0 aliphatic rings. The van der Waals surface area contributed by atoms with Crippen LogP contribution in [0.4, 0.5) is 0 Å². The van der Waals surface area contributed by atoms with Gasteiger partial charge in [0, 0.05) is 20.0 Å². The van der Waals surface area contributed by atoms with E-state index in [4.69, 9.17) is 0 Å². The predicted molar refractivity (Wildman–Crippen MR) is 72.7 cm³/mol. The standard InChI is InChI=1S/C11H14N8O2/c1-18-6-12-9-8(18)10(20)19(11(21)13-9)5-3-2-4-7-14-16-17-15-7/h6H,2-5H2,1H3,(H,13,21)(H,14,15,16,17). The molecule has 0 saturated carbocycles. The van der Waals surface area contributed by atoms with Gasteiger partial charge in [-0.2, -0.15) is 5.21 Å². The lowest BCUT2D eigenvalue weighted by Crippen LogP contribution is -2.35. The summed E-state index contributed by atoms with van der Waals surface area (Å²) in [7, 11) is 1.72. The van der Waals surface area contributed by atoms with Crippen LogP contribution in [0.1, 0.15) is 18.7 Å². The van der Waals surface area contributed by atoms with Crippen LogP contribution in [0.3, 0.4) is 0 Å². The number of imidazole rings is 1. The third-order valence-electron chi connectivity index (χ3n) is 3.28. The van der Waals surface area contributed by atoms with Crippen LogP contribution in [0.15, 0.2) is 15.9 Å². The molecule has 3 heterocycles. The normalized spacial score (nSPS) is 11.3. The summed E-state index contributed by atoms with van der Waals surface area (Å²) in [6, 6.07) is 0. The first-order valence-corrected chi connectivity index (χ1v) is 6.53. The second kappa shape index (κ2) is 5.31. The molecule has 0 radical (unpaired) electrons. The van der Waals surface area contributed by atoms with Gasteiger partial charge >= 0.3 is 5.69 Å². The lowest BCUT2D eigenvalue weighted by atomic mass is 10.2. The second-order valence-electron chi connectivity index (χ2n) is 4.72. The van der Waals surface area contributed by atoms with Gasteiger partial charge in [-0.05, 0) is 12.8 Å². The molecule has 0 spiro atoms. The van der Waals surface area contributed by atoms with Crippen LogP contribution < -0.4 is 11.2 Å². The number of aryl methyl sites for hydroxylation is 2. The van der Waals surface area contributed by atoms with Crippen molar-refractivity contribution >= 4 is 11.2 Å². The zero-order chi connectivity index (χ0) is 14.8. The maximum atomic E-state index is 12.3. The molecule has 0 unspecified atom stereocenters. The first-order chi connectivity index (χ1) is 10.2. The van der Waals surface area contributed by atoms with Crippen molar-refractivity contribution in [3.63, 3.8) is 0 Å². The Hall–Kier alpha value is -2.78. The largest absolute Gasteiger partial charge is 0.330 e. The highest BCUT2D eigenvalue weighted by Crippen LogP contribution is 2.02. The summed E-state index contributed by atoms with van der Waals surface area (Å²) in [6.45, 7) is 0.340. The summed E-state index contributed by atoms with van der Waals surface area (Å²) < 4.78 is 2.80. The van der Waals surface area contributed by atoms with E-state index in [0.29, 0.717) is 36.4 Å². The van der Waals surface area contributed by atoms with Crippen LogP contribution in [0.25, 0.3) is 11.2 Å². The fraction of sp³-hybridized carbons (Fsp3) is 0.455. The maximum Gasteiger partial charge on any atom is 0.330 e. The Morgan fingerprint density at radius 2 is 2.14 bits per heavy atom. The predicted octanol–water partition coefficient (Wildman–Crippen LogP) is -1.04. The van der Waals surface area contributed by atoms with Crippen LogP contribution in [-0.2, 0) is 20.0 Å². The number of nitrogens with one attached hydrogen (secondary N) is 2. The molecule has 10 heteroatoms. The van der Waals surface area contributed by atoms with Crippen molar-refractivity contribution in [3.05, 3.63) is 33.0 Å². The molecule has 0 aromatic carbocycles. The van der Waals surface area contributed by atoms with E-state index >= 15 is 0 Å². The van der Waals surface area contributed by atoms with Gasteiger partial charge in [-0.3, -0.25) is 14.3 Å². The van der Waals surface area contributed by atoms with Gasteiger partial charge in [-0.1, -0.05) is 5.21 Å². The number of aromatic nitrogens is 8. The minimum atomic E-state index is -0.439. The third-order valence-corrected chi connectivity index (χ3v) is 3.28. The fourth-order valence-electron chi connectivity index (χ4n) is 2.21. The van der Waals surface area contributed by atoms with Crippen LogP contribution in [0.5, 0.6) is 0 Å². The number of aromatic amines is 2. The van der Waals surface area contributed by atoms with Gasteiger partial charge in [-0.15, -0.1) is 10.2 Å². The van der Waals surface area contributed by atoms with Crippen molar-refractivity contribution in [1.82, 2.24) is 39.7 Å². The Morgan fingerprint density at radius 3 is 2.90 bits per heavy atom. The van der Waals surface area contributed by atoms with Crippen molar-refractivity contribution < 1.29 is 0 Å². The molecular weight excluding hydrogens is 276 g/mol. The Labute approximate surface area is 117 Å². The molecule has 0 aliphatic heterocycles. The van der Waals surface area contributed by atoms with Crippen LogP contribution in [0, 0.1) is 0 Å². The molecule has 21 heavy (non-hydrogen) atoms. The van der Waals surface area contributed by atoms with Gasteiger partial charge in [0.05, 0.1) is 6.33 Å². The minimum absolute atomic E-state index is 0.315. The van der Waals surface area contributed by atoms with Gasteiger partial charge in [0.2, 0.25) is 0 Å². The zero-order valence-corrected chi connectivity index (χ0v) is 11.4. The second-order valence-corrected chi connectivity index (χ2v) is 4.72. The van der Waals surface area contributed by atoms with Crippen LogP contribution >= 0.6 is 0 Å². The molecule has 10 nitrogen and oxygen atoms in total. The summed E-state index contributed by atoms with van der Waals surface area (Å²) in [5, 5.41) is 13.5.